The molecule has 0 unspecified atom stereocenters. The van der Waals surface area contributed by atoms with Gasteiger partial charge in [-0.3, -0.25) is 0 Å². The molecule has 84 valence electrons. The predicted molar refractivity (Wildman–Crippen MR) is 70.5 cm³/mol. The molecule has 0 aliphatic carbocycles. The van der Waals surface area contributed by atoms with E-state index in [1.165, 1.54) is 4.88 Å². The first-order valence-electron chi connectivity index (χ1n) is 5.35. The Kier molecular flexibility index (Phi) is 3.62. The maximum Gasteiger partial charge on any atom is 0.0972 e. The van der Waals surface area contributed by atoms with Gasteiger partial charge in [0.2, 0.25) is 0 Å². The first kappa shape index (κ1) is 11.6. The minimum absolute atomic E-state index is 0.553. The van der Waals surface area contributed by atoms with Gasteiger partial charge in [0.05, 0.1) is 5.01 Å². The maximum absolute atomic E-state index is 6.12. The average molecular weight is 252 g/mol. The summed E-state index contributed by atoms with van der Waals surface area (Å²) in [5, 5.41) is 1.96. The molecule has 2 aromatic rings. The van der Waals surface area contributed by atoms with Gasteiger partial charge in [-0.15, -0.1) is 11.3 Å². The third-order valence-corrected chi connectivity index (χ3v) is 4.11. The molecule has 0 amide bonds. The fraction of sp³-hybridized carbons (Fsp3) is 0.308. The van der Waals surface area contributed by atoms with Crippen LogP contribution in [0.4, 0.5) is 0 Å². The highest BCUT2D eigenvalue weighted by atomic mass is 35.5. The highest BCUT2D eigenvalue weighted by Crippen LogP contribution is 2.25. The van der Waals surface area contributed by atoms with E-state index in [0.717, 1.165) is 22.0 Å². The monoisotopic (exact) mass is 251 g/mol. The lowest BCUT2D eigenvalue weighted by molar-refractivity contribution is 0.885. The van der Waals surface area contributed by atoms with Gasteiger partial charge in [0, 0.05) is 22.5 Å². The lowest BCUT2D eigenvalue weighted by Gasteiger charge is -2.00. The number of benzene rings is 1. The second kappa shape index (κ2) is 4.98. The summed E-state index contributed by atoms with van der Waals surface area (Å²) in [5.41, 5.74) is 1.15. The molecule has 0 N–H and O–H groups in total. The Labute approximate surface area is 105 Å². The number of aromatic nitrogens is 1. The van der Waals surface area contributed by atoms with Crippen LogP contribution >= 0.6 is 22.9 Å². The van der Waals surface area contributed by atoms with Crippen molar-refractivity contribution in [1.82, 2.24) is 4.98 Å². The van der Waals surface area contributed by atoms with Crippen LogP contribution < -0.4 is 0 Å². The molecule has 0 spiro atoms. The molecule has 0 aliphatic heterocycles. The molecule has 1 heterocycles. The van der Waals surface area contributed by atoms with Crippen molar-refractivity contribution in [3.63, 3.8) is 0 Å². The maximum atomic E-state index is 6.12. The Morgan fingerprint density at radius 3 is 2.69 bits per heavy atom. The third-order valence-electron chi connectivity index (χ3n) is 2.44. The zero-order valence-corrected chi connectivity index (χ0v) is 11.0. The Bertz CT molecular complexity index is 476. The first-order valence-corrected chi connectivity index (χ1v) is 6.54. The van der Waals surface area contributed by atoms with E-state index in [0.29, 0.717) is 5.92 Å². The summed E-state index contributed by atoms with van der Waals surface area (Å²) < 4.78 is 0. The molecule has 1 aromatic carbocycles. The van der Waals surface area contributed by atoms with Crippen molar-refractivity contribution < 1.29 is 0 Å². The molecular weight excluding hydrogens is 238 g/mol. The minimum Gasteiger partial charge on any atom is -0.249 e. The molecule has 0 atom stereocenters. The van der Waals surface area contributed by atoms with Crippen molar-refractivity contribution in [3.05, 3.63) is 50.9 Å². The number of thiazole rings is 1. The quantitative estimate of drug-likeness (QED) is 0.782. The van der Waals surface area contributed by atoms with E-state index >= 15 is 0 Å². The molecule has 0 fully saturated rings. The highest BCUT2D eigenvalue weighted by Gasteiger charge is 2.07. The van der Waals surface area contributed by atoms with E-state index in [1.807, 2.05) is 24.4 Å². The van der Waals surface area contributed by atoms with E-state index in [2.05, 4.69) is 24.9 Å². The Balaban J connectivity index is 2.18. The lowest BCUT2D eigenvalue weighted by Crippen LogP contribution is -1.87. The van der Waals surface area contributed by atoms with Crippen LogP contribution in [0.2, 0.25) is 5.02 Å². The molecular formula is C13H14ClNS. The third kappa shape index (κ3) is 2.63. The van der Waals surface area contributed by atoms with Gasteiger partial charge in [-0.2, -0.15) is 0 Å². The second-order valence-electron chi connectivity index (χ2n) is 4.08. The summed E-state index contributed by atoms with van der Waals surface area (Å²) >= 11 is 7.90. The number of hydrogen-bond acceptors (Lipinski definition) is 2. The van der Waals surface area contributed by atoms with Crippen molar-refractivity contribution in [3.8, 4) is 0 Å². The number of nitrogens with zero attached hydrogens (tertiary/aromatic N) is 1. The molecule has 0 aliphatic rings. The zero-order chi connectivity index (χ0) is 11.5. The molecule has 2 rings (SSSR count). The van der Waals surface area contributed by atoms with E-state index in [9.17, 15) is 0 Å². The number of halogens is 1. The molecule has 3 heteroatoms. The summed E-state index contributed by atoms with van der Waals surface area (Å²) in [7, 11) is 0. The van der Waals surface area contributed by atoms with Crippen molar-refractivity contribution in [1.29, 1.82) is 0 Å². The van der Waals surface area contributed by atoms with Crippen LogP contribution in [0, 0.1) is 0 Å². The Morgan fingerprint density at radius 2 is 2.06 bits per heavy atom. The van der Waals surface area contributed by atoms with Crippen LogP contribution in [0.25, 0.3) is 0 Å². The van der Waals surface area contributed by atoms with Crippen LogP contribution in [0.1, 0.15) is 35.2 Å². The highest BCUT2D eigenvalue weighted by molar-refractivity contribution is 7.11. The fourth-order valence-electron chi connectivity index (χ4n) is 1.48. The topological polar surface area (TPSA) is 12.9 Å². The van der Waals surface area contributed by atoms with Crippen LogP contribution in [-0.4, -0.2) is 4.98 Å². The van der Waals surface area contributed by atoms with E-state index in [4.69, 9.17) is 11.6 Å². The normalized spacial score (nSPS) is 11.0. The van der Waals surface area contributed by atoms with Crippen molar-refractivity contribution in [2.45, 2.75) is 26.2 Å². The number of rotatable bonds is 3. The van der Waals surface area contributed by atoms with Crippen molar-refractivity contribution in [2.24, 2.45) is 0 Å². The van der Waals surface area contributed by atoms with Gasteiger partial charge in [0.15, 0.2) is 0 Å². The Morgan fingerprint density at radius 1 is 1.31 bits per heavy atom. The summed E-state index contributed by atoms with van der Waals surface area (Å²) in [4.78, 5) is 5.77. The molecule has 1 aromatic heterocycles. The first-order chi connectivity index (χ1) is 7.66. The SMILES string of the molecule is CC(C)c1cnc(Cc2ccccc2Cl)s1. The van der Waals surface area contributed by atoms with Gasteiger partial charge >= 0.3 is 0 Å². The molecule has 0 saturated carbocycles. The van der Waals surface area contributed by atoms with Gasteiger partial charge in [-0.1, -0.05) is 43.6 Å². The Hall–Kier alpha value is -0.860. The average Bonchev–Trinajstić information content (AvgIpc) is 2.70. The van der Waals surface area contributed by atoms with Crippen LogP contribution in [-0.2, 0) is 6.42 Å². The molecule has 0 bridgehead atoms. The van der Waals surface area contributed by atoms with E-state index in [-0.39, 0.29) is 0 Å². The largest absolute Gasteiger partial charge is 0.249 e. The summed E-state index contributed by atoms with van der Waals surface area (Å²) in [6.45, 7) is 4.37. The van der Waals surface area contributed by atoms with Crippen molar-refractivity contribution in [2.75, 3.05) is 0 Å². The van der Waals surface area contributed by atoms with Gasteiger partial charge in [0.1, 0.15) is 0 Å². The van der Waals surface area contributed by atoms with Gasteiger partial charge in [-0.25, -0.2) is 4.98 Å². The van der Waals surface area contributed by atoms with Gasteiger partial charge < -0.3 is 0 Å². The smallest absolute Gasteiger partial charge is 0.0972 e. The minimum atomic E-state index is 0.553. The van der Waals surface area contributed by atoms with E-state index in [1.54, 1.807) is 11.3 Å². The van der Waals surface area contributed by atoms with Gasteiger partial charge in [-0.05, 0) is 17.5 Å². The number of hydrogen-bond donors (Lipinski definition) is 0. The molecule has 1 nitrogen and oxygen atoms in total. The molecule has 0 radical (unpaired) electrons. The summed E-state index contributed by atoms with van der Waals surface area (Å²) in [6, 6.07) is 7.94. The van der Waals surface area contributed by atoms with Gasteiger partial charge in [0.25, 0.3) is 0 Å². The van der Waals surface area contributed by atoms with Crippen LogP contribution in [0.15, 0.2) is 30.5 Å². The fourth-order valence-corrected chi connectivity index (χ4v) is 2.63. The van der Waals surface area contributed by atoms with Crippen molar-refractivity contribution >= 4 is 22.9 Å². The molecule has 16 heavy (non-hydrogen) atoms. The second-order valence-corrected chi connectivity index (χ2v) is 5.63. The zero-order valence-electron chi connectivity index (χ0n) is 9.40. The lowest BCUT2D eigenvalue weighted by atomic mass is 10.2. The molecule has 0 saturated heterocycles. The van der Waals surface area contributed by atoms with Crippen LogP contribution in [0.3, 0.4) is 0 Å². The standard InChI is InChI=1S/C13H14ClNS/c1-9(2)12-8-15-13(16-12)7-10-5-3-4-6-11(10)14/h3-6,8-9H,7H2,1-2H3. The summed E-state index contributed by atoms with van der Waals surface area (Å²) in [6.07, 6.45) is 2.80. The summed E-state index contributed by atoms with van der Waals surface area (Å²) in [5.74, 6) is 0.553. The van der Waals surface area contributed by atoms with E-state index < -0.39 is 0 Å². The predicted octanol–water partition coefficient (Wildman–Crippen LogP) is 4.51. The van der Waals surface area contributed by atoms with Crippen LogP contribution in [0.5, 0.6) is 0 Å².